The van der Waals surface area contributed by atoms with Gasteiger partial charge in [-0.3, -0.25) is 4.79 Å². The lowest BCUT2D eigenvalue weighted by Gasteiger charge is -2.30. The van der Waals surface area contributed by atoms with Gasteiger partial charge in [0.15, 0.2) is 0 Å². The van der Waals surface area contributed by atoms with Crippen LogP contribution in [0.25, 0.3) is 16.8 Å². The monoisotopic (exact) mass is 655 g/mol. The van der Waals surface area contributed by atoms with Crippen LogP contribution in [0.1, 0.15) is 28.8 Å². The first-order valence-corrected chi connectivity index (χ1v) is 13.1. The van der Waals surface area contributed by atoms with E-state index in [1.165, 1.54) is 29.6 Å². The molecule has 222 valence electrons. The van der Waals surface area contributed by atoms with E-state index in [0.29, 0.717) is 25.0 Å². The van der Waals surface area contributed by atoms with Crippen LogP contribution < -0.4 is 0 Å². The molecule has 1 aliphatic carbocycles. The molecule has 1 aliphatic heterocycles. The van der Waals surface area contributed by atoms with Crippen molar-refractivity contribution in [2.45, 2.75) is 49.1 Å². The molecule has 1 amide bonds. The molecule has 0 N–H and O–H groups in total. The zero-order valence-corrected chi connectivity index (χ0v) is 22.9. The van der Waals surface area contributed by atoms with Crippen LogP contribution in [-0.4, -0.2) is 62.7 Å². The van der Waals surface area contributed by atoms with Gasteiger partial charge in [0.2, 0.25) is 0 Å². The third-order valence-corrected chi connectivity index (χ3v) is 7.61. The first kappa shape index (κ1) is 30.3. The Bertz CT molecular complexity index is 1560. The molecule has 3 heterocycles. The molecule has 3 aromatic rings. The Hall–Kier alpha value is -3.12. The predicted molar refractivity (Wildman–Crippen MR) is 135 cm³/mol. The van der Waals surface area contributed by atoms with Gasteiger partial charge >= 0.3 is 18.0 Å². The van der Waals surface area contributed by atoms with E-state index < -0.39 is 51.7 Å². The Morgan fingerprint density at radius 1 is 1.02 bits per heavy atom. The molecule has 2 atom stereocenters. The van der Waals surface area contributed by atoms with Gasteiger partial charge in [-0.25, -0.2) is 14.1 Å². The number of rotatable bonds is 7. The third kappa shape index (κ3) is 5.27. The van der Waals surface area contributed by atoms with Crippen molar-refractivity contribution < 1.29 is 40.3 Å². The third-order valence-electron chi connectivity index (χ3n) is 6.73. The fourth-order valence-electron chi connectivity index (χ4n) is 4.39. The molecule has 1 aromatic carbocycles. The van der Waals surface area contributed by atoms with E-state index in [0.717, 1.165) is 4.68 Å². The van der Waals surface area contributed by atoms with Crippen LogP contribution in [0.3, 0.4) is 0 Å². The Morgan fingerprint density at radius 2 is 1.62 bits per heavy atom. The number of halogens is 10. The summed E-state index contributed by atoms with van der Waals surface area (Å²) in [6.07, 6.45) is -7.94. The van der Waals surface area contributed by atoms with Crippen LogP contribution in [0.2, 0.25) is 15.2 Å². The van der Waals surface area contributed by atoms with E-state index in [4.69, 9.17) is 39.5 Å². The van der Waals surface area contributed by atoms with Gasteiger partial charge in [-0.15, -0.1) is 0 Å². The summed E-state index contributed by atoms with van der Waals surface area (Å²) in [6.45, 7) is 0.338. The number of hydrogen-bond donors (Lipinski definition) is 0. The second kappa shape index (κ2) is 10.6. The van der Waals surface area contributed by atoms with Gasteiger partial charge < -0.3 is 9.64 Å². The molecule has 0 spiro atoms. The van der Waals surface area contributed by atoms with Gasteiger partial charge in [-0.05, 0) is 31.0 Å². The first-order valence-electron chi connectivity index (χ1n) is 11.9. The van der Waals surface area contributed by atoms with Crippen LogP contribution in [0, 0.1) is 11.3 Å². The molecule has 0 bridgehead atoms. The number of amides is 1. The highest BCUT2D eigenvalue weighted by Crippen LogP contribution is 2.54. The lowest BCUT2D eigenvalue weighted by atomic mass is 9.94. The molecular weight excluding hydrogens is 642 g/mol. The highest BCUT2D eigenvalue weighted by molar-refractivity contribution is 6.38. The van der Waals surface area contributed by atoms with Crippen LogP contribution in [-0.2, 0) is 10.4 Å². The van der Waals surface area contributed by atoms with Crippen molar-refractivity contribution in [3.63, 3.8) is 0 Å². The molecule has 17 heteroatoms. The van der Waals surface area contributed by atoms with Crippen LogP contribution in [0.5, 0.6) is 0 Å². The average Bonchev–Trinajstić information content (AvgIpc) is 3.83. The van der Waals surface area contributed by atoms with Crippen molar-refractivity contribution in [2.75, 3.05) is 6.61 Å². The highest BCUT2D eigenvalue weighted by atomic mass is 35.5. The molecule has 2 unspecified atom stereocenters. The normalized spacial score (nSPS) is 18.0. The Morgan fingerprint density at radius 3 is 2.12 bits per heavy atom. The number of benzene rings is 1. The zero-order valence-electron chi connectivity index (χ0n) is 20.6. The van der Waals surface area contributed by atoms with E-state index in [1.54, 1.807) is 0 Å². The average molecular weight is 657 g/mol. The molecule has 5 rings (SSSR count). The fraction of sp³-hybridized carbons (Fsp3) is 0.360. The number of pyridine rings is 1. The van der Waals surface area contributed by atoms with Crippen molar-refractivity contribution in [1.29, 1.82) is 5.26 Å². The Kier molecular flexibility index (Phi) is 7.62. The SMILES string of the molecule is N#CC(C1CO1)N(C(=O)c1cc(-c2cnn(-c3c(Cl)cc(C(F)(C(F)(F)F)C(F)(F)F)cc3Cl)c2)cnc1Cl)C1CC1. The van der Waals surface area contributed by atoms with Gasteiger partial charge in [-0.1, -0.05) is 34.8 Å². The maximum atomic E-state index is 14.6. The number of nitrogens with zero attached hydrogens (tertiary/aromatic N) is 5. The molecule has 2 fully saturated rings. The van der Waals surface area contributed by atoms with E-state index in [2.05, 4.69) is 16.2 Å². The van der Waals surface area contributed by atoms with Gasteiger partial charge in [0.25, 0.3) is 5.91 Å². The predicted octanol–water partition coefficient (Wildman–Crippen LogP) is 7.08. The highest BCUT2D eigenvalue weighted by Gasteiger charge is 2.73. The van der Waals surface area contributed by atoms with Crippen LogP contribution >= 0.6 is 34.8 Å². The summed E-state index contributed by atoms with van der Waals surface area (Å²) >= 11 is 18.2. The number of hydrogen-bond acceptors (Lipinski definition) is 5. The fourth-order valence-corrected chi connectivity index (χ4v) is 5.24. The summed E-state index contributed by atoms with van der Waals surface area (Å²) in [5, 5.41) is 12.0. The van der Waals surface area contributed by atoms with Crippen molar-refractivity contribution in [1.82, 2.24) is 19.7 Å². The van der Waals surface area contributed by atoms with Crippen molar-refractivity contribution in [2.24, 2.45) is 0 Å². The molecule has 7 nitrogen and oxygen atoms in total. The number of epoxide rings is 1. The molecular formula is C25H15Cl3F7N5O2. The van der Waals surface area contributed by atoms with Gasteiger partial charge in [0, 0.05) is 35.1 Å². The first-order chi connectivity index (χ1) is 19.6. The number of nitriles is 1. The summed E-state index contributed by atoms with van der Waals surface area (Å²) in [5.74, 6) is -0.544. The molecule has 2 aromatic heterocycles. The standard InChI is InChI=1S/C25H15Cl3F7N5O2/c26-16-4-13(23(29,24(30,31)32)25(33,34)35)5-17(27)20(16)39-9-12(8-38-39)11-3-15(21(28)37-7-11)22(41)40(14-1-2-14)18(6-36)19-10-42-19/h3-5,7-9,14,18-19H,1-2,10H2. The minimum absolute atomic E-state index is 0.0197. The lowest BCUT2D eigenvalue weighted by Crippen LogP contribution is -2.50. The van der Waals surface area contributed by atoms with E-state index in [9.17, 15) is 40.8 Å². The van der Waals surface area contributed by atoms with Gasteiger partial charge in [-0.2, -0.15) is 36.7 Å². The number of carbonyl (C=O) groups is 1. The summed E-state index contributed by atoms with van der Waals surface area (Å²) in [4.78, 5) is 18.9. The Labute approximate surface area is 247 Å². The summed E-state index contributed by atoms with van der Waals surface area (Å²) in [6, 6.07) is 2.85. The zero-order chi connectivity index (χ0) is 30.8. The maximum absolute atomic E-state index is 14.6. The Balaban J connectivity index is 1.49. The minimum atomic E-state index is -6.36. The second-order valence-electron chi connectivity index (χ2n) is 9.57. The number of carbonyl (C=O) groups excluding carboxylic acids is 1. The summed E-state index contributed by atoms with van der Waals surface area (Å²) < 4.78 is 100. The molecule has 42 heavy (non-hydrogen) atoms. The van der Waals surface area contributed by atoms with E-state index in [-0.39, 0.29) is 40.1 Å². The van der Waals surface area contributed by atoms with Crippen LogP contribution in [0.15, 0.2) is 36.8 Å². The number of aromatic nitrogens is 3. The molecule has 0 radical (unpaired) electrons. The van der Waals surface area contributed by atoms with Gasteiger partial charge in [0.05, 0.1) is 34.5 Å². The van der Waals surface area contributed by atoms with E-state index >= 15 is 0 Å². The smallest absolute Gasteiger partial charge is 0.370 e. The van der Waals surface area contributed by atoms with E-state index in [1.807, 2.05) is 0 Å². The summed E-state index contributed by atoms with van der Waals surface area (Å²) in [5.41, 5.74) is -7.37. The van der Waals surface area contributed by atoms with Crippen LogP contribution in [0.4, 0.5) is 30.7 Å². The topological polar surface area (TPSA) is 87.3 Å². The molecule has 1 saturated carbocycles. The van der Waals surface area contributed by atoms with Crippen molar-refractivity contribution in [3.8, 4) is 22.9 Å². The molecule has 2 aliphatic rings. The maximum Gasteiger partial charge on any atom is 0.435 e. The molecule has 1 saturated heterocycles. The quantitative estimate of drug-likeness (QED) is 0.154. The lowest BCUT2D eigenvalue weighted by molar-refractivity contribution is -0.348. The van der Waals surface area contributed by atoms with Crippen molar-refractivity contribution >= 4 is 40.7 Å². The second-order valence-corrected chi connectivity index (χ2v) is 10.7. The number of ether oxygens (including phenoxy) is 1. The minimum Gasteiger partial charge on any atom is -0.370 e. The van der Waals surface area contributed by atoms with Gasteiger partial charge in [0.1, 0.15) is 23.0 Å². The number of alkyl halides is 7. The summed E-state index contributed by atoms with van der Waals surface area (Å²) in [7, 11) is 0. The van der Waals surface area contributed by atoms with Crippen molar-refractivity contribution in [3.05, 3.63) is 63.1 Å². The largest absolute Gasteiger partial charge is 0.435 e.